The number of thiol groups is 1. The molecule has 0 radical (unpaired) electrons. The Hall–Kier alpha value is -1.09. The number of carbonyl (C=O) groups excluding carboxylic acids is 1. The van der Waals surface area contributed by atoms with Crippen molar-refractivity contribution in [2.24, 2.45) is 0 Å². The zero-order valence-corrected chi connectivity index (χ0v) is 8.29. The third kappa shape index (κ3) is 3.03. The molecule has 1 rings (SSSR count). The molecule has 1 aromatic heterocycles. The summed E-state index contributed by atoms with van der Waals surface area (Å²) in [7, 11) is 0. The van der Waals surface area contributed by atoms with Gasteiger partial charge in [0.15, 0.2) is 5.78 Å². The number of aromatic nitrogens is 1. The van der Waals surface area contributed by atoms with Crippen molar-refractivity contribution in [1.82, 2.24) is 4.98 Å². The number of ketones is 1. The Labute approximate surface area is 83.1 Å². The molecular weight excluding hydrogens is 182 g/mol. The fraction of sp³-hybridized carbons (Fsp3) is 0.200. The lowest BCUT2D eigenvalue weighted by Crippen LogP contribution is -1.95. The van der Waals surface area contributed by atoms with E-state index in [9.17, 15) is 4.79 Å². The summed E-state index contributed by atoms with van der Waals surface area (Å²) in [6.07, 6.45) is 5.52. The van der Waals surface area contributed by atoms with E-state index < -0.39 is 0 Å². The Morgan fingerprint density at radius 2 is 2.38 bits per heavy atom. The highest BCUT2D eigenvalue weighted by Crippen LogP contribution is 2.03. The minimum Gasteiger partial charge on any atom is -0.293 e. The van der Waals surface area contributed by atoms with E-state index in [4.69, 9.17) is 0 Å². The summed E-state index contributed by atoms with van der Waals surface area (Å²) in [5.74, 6) is 0.693. The van der Waals surface area contributed by atoms with E-state index in [1.807, 2.05) is 18.2 Å². The van der Waals surface area contributed by atoms with Crippen molar-refractivity contribution >= 4 is 24.5 Å². The SMILES string of the molecule is CC(=O)c1ccc(C=CCS)cn1. The Balaban J connectivity index is 2.81. The van der Waals surface area contributed by atoms with Crippen molar-refractivity contribution in [2.45, 2.75) is 6.92 Å². The topological polar surface area (TPSA) is 30.0 Å². The molecule has 0 aliphatic carbocycles. The first-order chi connectivity index (χ1) is 6.24. The molecule has 0 aromatic carbocycles. The zero-order chi connectivity index (χ0) is 9.68. The van der Waals surface area contributed by atoms with E-state index in [1.54, 1.807) is 12.3 Å². The van der Waals surface area contributed by atoms with Gasteiger partial charge in [-0.15, -0.1) is 0 Å². The van der Waals surface area contributed by atoms with Gasteiger partial charge < -0.3 is 0 Å². The van der Waals surface area contributed by atoms with Crippen molar-refractivity contribution < 1.29 is 4.79 Å². The van der Waals surface area contributed by atoms with E-state index in [1.165, 1.54) is 6.92 Å². The molecule has 0 N–H and O–H groups in total. The number of carbonyl (C=O) groups is 1. The molecule has 0 aliphatic heterocycles. The molecule has 2 nitrogen and oxygen atoms in total. The van der Waals surface area contributed by atoms with E-state index >= 15 is 0 Å². The first-order valence-electron chi connectivity index (χ1n) is 3.98. The van der Waals surface area contributed by atoms with E-state index in [2.05, 4.69) is 17.6 Å². The Morgan fingerprint density at radius 1 is 1.62 bits per heavy atom. The van der Waals surface area contributed by atoms with Crippen LogP contribution >= 0.6 is 12.6 Å². The Bertz CT molecular complexity index is 316. The van der Waals surface area contributed by atoms with Gasteiger partial charge in [0.05, 0.1) is 0 Å². The lowest BCUT2D eigenvalue weighted by Gasteiger charge is -1.95. The standard InChI is InChI=1S/C10H11NOS/c1-8(12)10-5-4-9(7-11-10)3-2-6-13/h2-5,7,13H,6H2,1H3. The largest absolute Gasteiger partial charge is 0.293 e. The summed E-state index contributed by atoms with van der Waals surface area (Å²) in [5, 5.41) is 0. The van der Waals surface area contributed by atoms with E-state index in [-0.39, 0.29) is 5.78 Å². The molecular formula is C10H11NOS. The van der Waals surface area contributed by atoms with Crippen LogP contribution in [0.3, 0.4) is 0 Å². The minimum absolute atomic E-state index is 0.00951. The van der Waals surface area contributed by atoms with Crippen LogP contribution in [0.4, 0.5) is 0 Å². The zero-order valence-electron chi connectivity index (χ0n) is 7.40. The average Bonchev–Trinajstić information content (AvgIpc) is 2.15. The average molecular weight is 193 g/mol. The third-order valence-electron chi connectivity index (χ3n) is 1.56. The Morgan fingerprint density at radius 3 is 2.85 bits per heavy atom. The molecule has 0 saturated carbocycles. The second kappa shape index (κ2) is 4.82. The van der Waals surface area contributed by atoms with Gasteiger partial charge >= 0.3 is 0 Å². The smallest absolute Gasteiger partial charge is 0.178 e. The van der Waals surface area contributed by atoms with Crippen molar-refractivity contribution in [3.63, 3.8) is 0 Å². The van der Waals surface area contributed by atoms with E-state index in [0.717, 1.165) is 5.56 Å². The number of pyridine rings is 1. The molecule has 0 bridgehead atoms. The lowest BCUT2D eigenvalue weighted by atomic mass is 10.2. The first kappa shape index (κ1) is 9.99. The molecule has 0 saturated heterocycles. The Kier molecular flexibility index (Phi) is 3.71. The first-order valence-corrected chi connectivity index (χ1v) is 4.61. The van der Waals surface area contributed by atoms with Crippen molar-refractivity contribution in [2.75, 3.05) is 5.75 Å². The van der Waals surface area contributed by atoms with Gasteiger partial charge in [0.25, 0.3) is 0 Å². The van der Waals surface area contributed by atoms with Crippen LogP contribution in [0.25, 0.3) is 6.08 Å². The molecule has 3 heteroatoms. The third-order valence-corrected chi connectivity index (χ3v) is 1.77. The molecule has 13 heavy (non-hydrogen) atoms. The molecule has 0 atom stereocenters. The fourth-order valence-electron chi connectivity index (χ4n) is 0.901. The lowest BCUT2D eigenvalue weighted by molar-refractivity contribution is 0.101. The summed E-state index contributed by atoms with van der Waals surface area (Å²) in [6.45, 7) is 1.51. The van der Waals surface area contributed by atoms with Crippen LogP contribution in [0, 0.1) is 0 Å². The maximum absolute atomic E-state index is 10.9. The van der Waals surface area contributed by atoms with Crippen LogP contribution in [0.5, 0.6) is 0 Å². The van der Waals surface area contributed by atoms with Crippen LogP contribution in [0.1, 0.15) is 23.0 Å². The van der Waals surface area contributed by atoms with Gasteiger partial charge in [0.1, 0.15) is 5.69 Å². The molecule has 1 aromatic rings. The summed E-state index contributed by atoms with van der Waals surface area (Å²) in [4.78, 5) is 14.9. The van der Waals surface area contributed by atoms with Gasteiger partial charge in [-0.2, -0.15) is 12.6 Å². The molecule has 0 spiro atoms. The molecule has 0 fully saturated rings. The highest BCUT2D eigenvalue weighted by molar-refractivity contribution is 7.80. The van der Waals surface area contributed by atoms with Crippen molar-refractivity contribution in [3.05, 3.63) is 35.7 Å². The van der Waals surface area contributed by atoms with E-state index in [0.29, 0.717) is 11.4 Å². The highest BCUT2D eigenvalue weighted by Gasteiger charge is 1.98. The van der Waals surface area contributed by atoms with Crippen LogP contribution in [0.2, 0.25) is 0 Å². The quantitative estimate of drug-likeness (QED) is 0.589. The summed E-state index contributed by atoms with van der Waals surface area (Å²) in [6, 6.07) is 3.59. The monoisotopic (exact) mass is 193 g/mol. The minimum atomic E-state index is -0.00951. The van der Waals surface area contributed by atoms with Crippen LogP contribution in [-0.2, 0) is 0 Å². The van der Waals surface area contributed by atoms with Crippen molar-refractivity contribution in [1.29, 1.82) is 0 Å². The van der Waals surface area contributed by atoms with Gasteiger partial charge in [-0.3, -0.25) is 9.78 Å². The van der Waals surface area contributed by atoms with Crippen LogP contribution in [-0.4, -0.2) is 16.5 Å². The van der Waals surface area contributed by atoms with Gasteiger partial charge in [0, 0.05) is 18.9 Å². The molecule has 1 heterocycles. The van der Waals surface area contributed by atoms with Crippen molar-refractivity contribution in [3.8, 4) is 0 Å². The van der Waals surface area contributed by atoms with Gasteiger partial charge in [-0.05, 0) is 11.6 Å². The predicted molar refractivity (Wildman–Crippen MR) is 57.1 cm³/mol. The fourth-order valence-corrected chi connectivity index (χ4v) is 1.01. The molecule has 68 valence electrons. The predicted octanol–water partition coefficient (Wildman–Crippen LogP) is 2.23. The van der Waals surface area contributed by atoms with Gasteiger partial charge in [-0.1, -0.05) is 18.2 Å². The number of hydrogen-bond acceptors (Lipinski definition) is 3. The highest BCUT2D eigenvalue weighted by atomic mass is 32.1. The second-order valence-corrected chi connectivity index (χ2v) is 2.98. The number of hydrogen-bond donors (Lipinski definition) is 1. The summed E-state index contributed by atoms with van der Waals surface area (Å²) >= 11 is 4.04. The number of Topliss-reactive ketones (excluding diaryl/α,β-unsaturated/α-hetero) is 1. The number of rotatable bonds is 3. The molecule has 0 amide bonds. The summed E-state index contributed by atoms with van der Waals surface area (Å²) < 4.78 is 0. The number of nitrogens with zero attached hydrogens (tertiary/aromatic N) is 1. The van der Waals surface area contributed by atoms with Crippen LogP contribution in [0.15, 0.2) is 24.4 Å². The second-order valence-electron chi connectivity index (χ2n) is 2.62. The molecule has 0 unspecified atom stereocenters. The normalized spacial score (nSPS) is 10.6. The van der Waals surface area contributed by atoms with Gasteiger partial charge in [-0.25, -0.2) is 0 Å². The maximum Gasteiger partial charge on any atom is 0.178 e. The van der Waals surface area contributed by atoms with Gasteiger partial charge in [0.2, 0.25) is 0 Å². The maximum atomic E-state index is 10.9. The summed E-state index contributed by atoms with van der Waals surface area (Å²) in [5.41, 5.74) is 1.49. The molecule has 0 aliphatic rings. The van der Waals surface area contributed by atoms with Crippen LogP contribution < -0.4 is 0 Å².